The van der Waals surface area contributed by atoms with Crippen LogP contribution in [0.4, 0.5) is 0 Å². The lowest BCUT2D eigenvalue weighted by molar-refractivity contribution is -0.115. The molecule has 0 saturated carbocycles. The van der Waals surface area contributed by atoms with Crippen LogP contribution in [0.2, 0.25) is 0 Å². The highest BCUT2D eigenvalue weighted by atomic mass is 16.5. The average Bonchev–Trinajstić information content (AvgIpc) is 2.48. The van der Waals surface area contributed by atoms with Crippen molar-refractivity contribution in [1.29, 1.82) is 0 Å². The second-order valence-corrected chi connectivity index (χ2v) is 4.95. The number of hydrogen-bond acceptors (Lipinski definition) is 5. The van der Waals surface area contributed by atoms with Gasteiger partial charge in [0.2, 0.25) is 5.91 Å². The van der Waals surface area contributed by atoms with Crippen LogP contribution in [0.3, 0.4) is 0 Å². The molecule has 3 atom stereocenters. The zero-order valence-corrected chi connectivity index (χ0v) is 11.9. The summed E-state index contributed by atoms with van der Waals surface area (Å²) in [7, 11) is 3.05. The second kappa shape index (κ2) is 6.15. The number of hydrogen-bond donors (Lipinski definition) is 3. The number of benzene rings is 1. The van der Waals surface area contributed by atoms with Gasteiger partial charge in [-0.25, -0.2) is 0 Å². The van der Waals surface area contributed by atoms with Crippen molar-refractivity contribution in [3.05, 3.63) is 35.4 Å². The Labute approximate surface area is 122 Å². The number of aliphatic hydroxyl groups is 2. The zero-order chi connectivity index (χ0) is 15.6. The summed E-state index contributed by atoms with van der Waals surface area (Å²) in [6, 6.07) is 5.25. The predicted octanol–water partition coefficient (Wildman–Crippen LogP) is 0.325. The summed E-state index contributed by atoms with van der Waals surface area (Å²) in [4.78, 5) is 11.6. The van der Waals surface area contributed by atoms with Crippen LogP contribution in [-0.2, 0) is 4.79 Å². The average molecular weight is 293 g/mol. The molecule has 0 saturated heterocycles. The molecule has 1 aliphatic carbocycles. The van der Waals surface area contributed by atoms with Gasteiger partial charge in [-0.3, -0.25) is 4.79 Å². The van der Waals surface area contributed by atoms with Crippen LogP contribution in [0, 0.1) is 0 Å². The monoisotopic (exact) mass is 293 g/mol. The van der Waals surface area contributed by atoms with Crippen molar-refractivity contribution in [3.63, 3.8) is 0 Å². The van der Waals surface area contributed by atoms with Crippen LogP contribution >= 0.6 is 0 Å². The minimum atomic E-state index is -1.08. The number of aliphatic hydroxyl groups excluding tert-OH is 2. The first-order valence-electron chi connectivity index (χ1n) is 6.57. The highest BCUT2D eigenvalue weighted by Crippen LogP contribution is 2.38. The third-order valence-corrected chi connectivity index (χ3v) is 3.69. The van der Waals surface area contributed by atoms with E-state index in [1.54, 1.807) is 18.2 Å². The third kappa shape index (κ3) is 3.01. The van der Waals surface area contributed by atoms with Gasteiger partial charge in [-0.1, -0.05) is 6.07 Å². The number of methoxy groups -OCH3 is 2. The largest absolute Gasteiger partial charge is 0.493 e. The molecule has 0 bridgehead atoms. The van der Waals surface area contributed by atoms with E-state index in [-0.39, 0.29) is 12.3 Å². The van der Waals surface area contributed by atoms with Gasteiger partial charge < -0.3 is 25.4 Å². The minimum Gasteiger partial charge on any atom is -0.493 e. The van der Waals surface area contributed by atoms with Crippen molar-refractivity contribution in [3.8, 4) is 11.5 Å². The fraction of sp³-hybridized carbons (Fsp3) is 0.400. The summed E-state index contributed by atoms with van der Waals surface area (Å²) >= 11 is 0. The van der Waals surface area contributed by atoms with Gasteiger partial charge in [0.15, 0.2) is 11.5 Å². The number of amides is 1. The van der Waals surface area contributed by atoms with Crippen LogP contribution in [0.5, 0.6) is 11.5 Å². The van der Waals surface area contributed by atoms with E-state index >= 15 is 0 Å². The molecule has 114 valence electrons. The third-order valence-electron chi connectivity index (χ3n) is 3.69. The molecule has 1 aromatic carbocycles. The van der Waals surface area contributed by atoms with Gasteiger partial charge in [-0.05, 0) is 30.2 Å². The van der Waals surface area contributed by atoms with Crippen molar-refractivity contribution in [2.45, 2.75) is 24.5 Å². The van der Waals surface area contributed by atoms with Crippen molar-refractivity contribution in [1.82, 2.24) is 0 Å². The maximum atomic E-state index is 11.6. The Hall–Kier alpha value is -2.05. The van der Waals surface area contributed by atoms with Gasteiger partial charge in [0, 0.05) is 11.5 Å². The van der Waals surface area contributed by atoms with E-state index in [0.29, 0.717) is 17.1 Å². The first-order chi connectivity index (χ1) is 9.97. The molecule has 0 radical (unpaired) electrons. The molecule has 1 amide bonds. The van der Waals surface area contributed by atoms with Crippen LogP contribution in [0.25, 0.3) is 0 Å². The smallest absolute Gasteiger partial charge is 0.245 e. The van der Waals surface area contributed by atoms with Crippen molar-refractivity contribution < 1.29 is 24.5 Å². The number of primary amides is 1. The van der Waals surface area contributed by atoms with Gasteiger partial charge in [0.25, 0.3) is 0 Å². The maximum absolute atomic E-state index is 11.6. The fourth-order valence-corrected chi connectivity index (χ4v) is 2.56. The SMILES string of the molecule is COc1ccc([C@H]2C[C@H](O)[C@H](O)C=C2C(N)=O)cc1OC. The Morgan fingerprint density at radius 1 is 1.24 bits per heavy atom. The molecule has 6 heteroatoms. The van der Waals surface area contributed by atoms with Crippen LogP contribution in [0.1, 0.15) is 17.9 Å². The molecule has 0 aliphatic heterocycles. The summed E-state index contributed by atoms with van der Waals surface area (Å²) in [6.45, 7) is 0. The molecule has 0 unspecified atom stereocenters. The van der Waals surface area contributed by atoms with Crippen molar-refractivity contribution >= 4 is 5.91 Å². The highest BCUT2D eigenvalue weighted by molar-refractivity contribution is 5.94. The summed E-state index contributed by atoms with van der Waals surface area (Å²) in [5.41, 5.74) is 6.43. The number of rotatable bonds is 4. The fourth-order valence-electron chi connectivity index (χ4n) is 2.56. The molecule has 21 heavy (non-hydrogen) atoms. The normalized spacial score (nSPS) is 25.1. The lowest BCUT2D eigenvalue weighted by Crippen LogP contribution is -2.35. The van der Waals surface area contributed by atoms with Gasteiger partial charge in [-0.2, -0.15) is 0 Å². The summed E-state index contributed by atoms with van der Waals surface area (Å²) in [5.74, 6) is 0.100. The molecule has 4 N–H and O–H groups in total. The number of carbonyl (C=O) groups is 1. The molecule has 0 spiro atoms. The van der Waals surface area contributed by atoms with E-state index in [4.69, 9.17) is 15.2 Å². The zero-order valence-electron chi connectivity index (χ0n) is 11.9. The minimum absolute atomic E-state index is 0.214. The van der Waals surface area contributed by atoms with Gasteiger partial charge in [0.1, 0.15) is 0 Å². The Morgan fingerprint density at radius 2 is 1.90 bits per heavy atom. The van der Waals surface area contributed by atoms with E-state index in [0.717, 1.165) is 5.56 Å². The van der Waals surface area contributed by atoms with Crippen molar-refractivity contribution in [2.75, 3.05) is 14.2 Å². The summed E-state index contributed by atoms with van der Waals surface area (Å²) in [5, 5.41) is 19.5. The number of ether oxygens (including phenoxy) is 2. The van der Waals surface area contributed by atoms with Crippen LogP contribution in [-0.4, -0.2) is 42.5 Å². The van der Waals surface area contributed by atoms with Gasteiger partial charge in [-0.15, -0.1) is 0 Å². The van der Waals surface area contributed by atoms with E-state index < -0.39 is 18.1 Å². The molecule has 6 nitrogen and oxygen atoms in total. The van der Waals surface area contributed by atoms with E-state index in [9.17, 15) is 15.0 Å². The molecule has 1 aromatic rings. The van der Waals surface area contributed by atoms with Crippen LogP contribution in [0.15, 0.2) is 29.8 Å². The topological polar surface area (TPSA) is 102 Å². The first-order valence-corrected chi connectivity index (χ1v) is 6.57. The molecule has 1 aliphatic rings. The Balaban J connectivity index is 2.44. The Morgan fingerprint density at radius 3 is 2.48 bits per heavy atom. The lowest BCUT2D eigenvalue weighted by atomic mass is 9.80. The quantitative estimate of drug-likeness (QED) is 0.742. The molecule has 2 rings (SSSR count). The summed E-state index contributed by atoms with van der Waals surface area (Å²) in [6.07, 6.45) is -0.487. The van der Waals surface area contributed by atoms with E-state index in [1.165, 1.54) is 20.3 Å². The van der Waals surface area contributed by atoms with E-state index in [2.05, 4.69) is 0 Å². The predicted molar refractivity (Wildman–Crippen MR) is 76.2 cm³/mol. The van der Waals surface area contributed by atoms with Gasteiger partial charge >= 0.3 is 0 Å². The highest BCUT2D eigenvalue weighted by Gasteiger charge is 2.32. The van der Waals surface area contributed by atoms with Crippen LogP contribution < -0.4 is 15.2 Å². The Kier molecular flexibility index (Phi) is 4.50. The number of nitrogens with two attached hydrogens (primary N) is 1. The van der Waals surface area contributed by atoms with Gasteiger partial charge in [0.05, 0.1) is 26.4 Å². The second-order valence-electron chi connectivity index (χ2n) is 4.95. The molecule has 0 fully saturated rings. The first kappa shape index (κ1) is 15.3. The van der Waals surface area contributed by atoms with E-state index in [1.807, 2.05) is 0 Å². The maximum Gasteiger partial charge on any atom is 0.245 e. The number of carbonyl (C=O) groups excluding carboxylic acids is 1. The lowest BCUT2D eigenvalue weighted by Gasteiger charge is -2.29. The molecule has 0 aromatic heterocycles. The standard InChI is InChI=1S/C15H19NO5/c1-20-13-4-3-8(5-14(13)21-2)9-6-11(17)12(18)7-10(9)15(16)19/h3-5,7,9,11-12,17-18H,6H2,1-2H3,(H2,16,19)/t9-,11+,12-/m1/s1. The molecular weight excluding hydrogens is 274 g/mol. The summed E-state index contributed by atoms with van der Waals surface area (Å²) < 4.78 is 10.4. The molecular formula is C15H19NO5. The van der Waals surface area contributed by atoms with Crippen molar-refractivity contribution in [2.24, 2.45) is 5.73 Å². The Bertz CT molecular complexity index is 569. The molecule has 0 heterocycles.